The van der Waals surface area contributed by atoms with Gasteiger partial charge in [-0.05, 0) is 72.4 Å². The maximum atomic E-state index is 11.1. The predicted molar refractivity (Wildman–Crippen MR) is 151 cm³/mol. The van der Waals surface area contributed by atoms with Crippen molar-refractivity contribution in [2.45, 2.75) is 65.6 Å². The Hall–Kier alpha value is -3.67. The van der Waals surface area contributed by atoms with Crippen LogP contribution in [0, 0.1) is 0 Å². The number of carboxylic acid groups (broad SMARTS) is 1. The summed E-state index contributed by atoms with van der Waals surface area (Å²) in [5.74, 6) is 0.503. The summed E-state index contributed by atoms with van der Waals surface area (Å²) >= 11 is 0. The zero-order chi connectivity index (χ0) is 26.3. The van der Waals surface area contributed by atoms with Crippen molar-refractivity contribution < 1.29 is 19.4 Å². The molecule has 3 aromatic carbocycles. The number of aliphatic carboxylic acids is 1. The lowest BCUT2D eigenvalue weighted by molar-refractivity contribution is -0.136. The average Bonchev–Trinajstić information content (AvgIpc) is 2.90. The maximum absolute atomic E-state index is 11.1. The van der Waals surface area contributed by atoms with E-state index in [1.54, 1.807) is 0 Å². The third-order valence-corrected chi connectivity index (χ3v) is 5.95. The van der Waals surface area contributed by atoms with E-state index in [2.05, 4.69) is 48.7 Å². The standard InChI is InChI=1S/C31H40N2O4/c1-3-5-15-32-27-11-7-9-25(17-27)22-36-29-19-24(13-14-31(34)35)20-30(21-29)37-23-26-10-8-12-28(18-26)33-16-6-4-2/h7-12,17-21,32-33H,3-6,13-16,22-23H2,1-2H3,(H,34,35). The molecule has 37 heavy (non-hydrogen) atoms. The highest BCUT2D eigenvalue weighted by Crippen LogP contribution is 2.26. The van der Waals surface area contributed by atoms with Crippen LogP contribution >= 0.6 is 0 Å². The quantitative estimate of drug-likeness (QED) is 0.168. The van der Waals surface area contributed by atoms with Crippen LogP contribution in [-0.2, 0) is 24.4 Å². The Morgan fingerprint density at radius 2 is 1.24 bits per heavy atom. The van der Waals surface area contributed by atoms with Crippen molar-refractivity contribution in [1.82, 2.24) is 0 Å². The Labute approximate surface area is 221 Å². The van der Waals surface area contributed by atoms with E-state index in [9.17, 15) is 4.79 Å². The number of aryl methyl sites for hydroxylation is 1. The third-order valence-electron chi connectivity index (χ3n) is 5.95. The number of anilines is 2. The van der Waals surface area contributed by atoms with E-state index in [1.165, 1.54) is 0 Å². The fourth-order valence-electron chi connectivity index (χ4n) is 3.89. The Balaban J connectivity index is 1.66. The number of benzene rings is 3. The molecule has 3 rings (SSSR count). The summed E-state index contributed by atoms with van der Waals surface area (Å²) in [4.78, 5) is 11.1. The van der Waals surface area contributed by atoms with Crippen molar-refractivity contribution in [3.8, 4) is 11.5 Å². The van der Waals surface area contributed by atoms with Gasteiger partial charge in [-0.25, -0.2) is 0 Å². The van der Waals surface area contributed by atoms with Crippen molar-refractivity contribution in [3.05, 3.63) is 83.4 Å². The number of ether oxygens (including phenoxy) is 2. The van der Waals surface area contributed by atoms with E-state index in [-0.39, 0.29) is 6.42 Å². The Bertz CT molecular complexity index is 1040. The number of hydrogen-bond donors (Lipinski definition) is 3. The Morgan fingerprint density at radius 3 is 1.70 bits per heavy atom. The molecule has 0 aliphatic rings. The van der Waals surface area contributed by atoms with E-state index in [0.717, 1.165) is 66.8 Å². The van der Waals surface area contributed by atoms with Crippen LogP contribution < -0.4 is 20.1 Å². The van der Waals surface area contributed by atoms with Crippen molar-refractivity contribution in [3.63, 3.8) is 0 Å². The van der Waals surface area contributed by atoms with Gasteiger partial charge in [-0.3, -0.25) is 4.79 Å². The normalized spacial score (nSPS) is 10.6. The molecule has 3 aromatic rings. The molecule has 0 atom stereocenters. The van der Waals surface area contributed by atoms with Crippen molar-refractivity contribution in [2.75, 3.05) is 23.7 Å². The lowest BCUT2D eigenvalue weighted by atomic mass is 10.1. The summed E-state index contributed by atoms with van der Waals surface area (Å²) in [5.41, 5.74) is 5.17. The van der Waals surface area contributed by atoms with Crippen LogP contribution in [0.4, 0.5) is 11.4 Å². The summed E-state index contributed by atoms with van der Waals surface area (Å²) < 4.78 is 12.2. The molecule has 198 valence electrons. The summed E-state index contributed by atoms with van der Waals surface area (Å²) in [6.45, 7) is 7.08. The van der Waals surface area contributed by atoms with Gasteiger partial charge in [-0.15, -0.1) is 0 Å². The molecule has 0 aromatic heterocycles. The first-order valence-corrected chi connectivity index (χ1v) is 13.3. The predicted octanol–water partition coefficient (Wildman–Crippen LogP) is 7.29. The summed E-state index contributed by atoms with van der Waals surface area (Å²) in [6, 6.07) is 22.1. The number of nitrogens with one attached hydrogen (secondary N) is 2. The molecule has 0 aliphatic carbocycles. The molecule has 0 spiro atoms. The van der Waals surface area contributed by atoms with Gasteiger partial charge in [0.15, 0.2) is 0 Å². The van der Waals surface area contributed by atoms with Crippen LogP contribution in [0.5, 0.6) is 11.5 Å². The van der Waals surface area contributed by atoms with Crippen LogP contribution in [0.3, 0.4) is 0 Å². The van der Waals surface area contributed by atoms with Gasteiger partial charge >= 0.3 is 5.97 Å². The van der Waals surface area contributed by atoms with Crippen LogP contribution in [0.1, 0.15) is 62.6 Å². The summed E-state index contributed by atoms with van der Waals surface area (Å²) in [6.07, 6.45) is 5.04. The molecule has 0 bridgehead atoms. The first-order valence-electron chi connectivity index (χ1n) is 13.3. The van der Waals surface area contributed by atoms with E-state index in [0.29, 0.717) is 31.1 Å². The first-order chi connectivity index (χ1) is 18.1. The topological polar surface area (TPSA) is 79.8 Å². The number of rotatable bonds is 17. The number of hydrogen-bond acceptors (Lipinski definition) is 5. The number of unbranched alkanes of at least 4 members (excludes halogenated alkanes) is 2. The van der Waals surface area contributed by atoms with Gasteiger partial charge in [-0.2, -0.15) is 0 Å². The molecule has 0 aliphatic heterocycles. The van der Waals surface area contributed by atoms with Crippen molar-refractivity contribution >= 4 is 17.3 Å². The highest BCUT2D eigenvalue weighted by atomic mass is 16.5. The highest BCUT2D eigenvalue weighted by Gasteiger charge is 2.08. The second kappa shape index (κ2) is 15.4. The second-order valence-electron chi connectivity index (χ2n) is 9.25. The molecule has 3 N–H and O–H groups in total. The largest absolute Gasteiger partial charge is 0.489 e. The van der Waals surface area contributed by atoms with Crippen LogP contribution in [0.15, 0.2) is 66.7 Å². The van der Waals surface area contributed by atoms with Crippen LogP contribution in [0.2, 0.25) is 0 Å². The minimum absolute atomic E-state index is 0.0554. The number of carboxylic acids is 1. The first kappa shape index (κ1) is 27.9. The molecule has 0 saturated heterocycles. The van der Waals surface area contributed by atoms with Crippen molar-refractivity contribution in [2.24, 2.45) is 0 Å². The zero-order valence-electron chi connectivity index (χ0n) is 22.1. The fraction of sp³-hybridized carbons (Fsp3) is 0.387. The Kier molecular flexibility index (Phi) is 11.6. The molecule has 6 nitrogen and oxygen atoms in total. The Morgan fingerprint density at radius 1 is 0.730 bits per heavy atom. The molecule has 0 saturated carbocycles. The smallest absolute Gasteiger partial charge is 0.303 e. The van der Waals surface area contributed by atoms with Gasteiger partial charge in [0.25, 0.3) is 0 Å². The van der Waals surface area contributed by atoms with Gasteiger partial charge in [0.2, 0.25) is 0 Å². The third kappa shape index (κ3) is 10.5. The van der Waals surface area contributed by atoms with Gasteiger partial charge < -0.3 is 25.2 Å². The average molecular weight is 505 g/mol. The van der Waals surface area contributed by atoms with Gasteiger partial charge in [0.1, 0.15) is 24.7 Å². The molecule has 0 heterocycles. The highest BCUT2D eigenvalue weighted by molar-refractivity contribution is 5.67. The van der Waals surface area contributed by atoms with E-state index < -0.39 is 5.97 Å². The molecule has 0 amide bonds. The SMILES string of the molecule is CCCCNc1cccc(COc2cc(CCC(=O)O)cc(OCc3cccc(NCCCC)c3)c2)c1. The van der Waals surface area contributed by atoms with E-state index >= 15 is 0 Å². The van der Waals surface area contributed by atoms with Crippen LogP contribution in [-0.4, -0.2) is 24.2 Å². The molecule has 0 fully saturated rings. The van der Waals surface area contributed by atoms with Crippen LogP contribution in [0.25, 0.3) is 0 Å². The summed E-state index contributed by atoms with van der Waals surface area (Å²) in [7, 11) is 0. The van der Waals surface area contributed by atoms with E-state index in [4.69, 9.17) is 14.6 Å². The van der Waals surface area contributed by atoms with Gasteiger partial charge in [0.05, 0.1) is 0 Å². The molecule has 0 unspecified atom stereocenters. The molecular formula is C31H40N2O4. The van der Waals surface area contributed by atoms with Crippen molar-refractivity contribution in [1.29, 1.82) is 0 Å². The van der Waals surface area contributed by atoms with E-state index in [1.807, 2.05) is 42.5 Å². The molecule has 6 heteroatoms. The number of carbonyl (C=O) groups is 1. The second-order valence-corrected chi connectivity index (χ2v) is 9.25. The summed E-state index contributed by atoms with van der Waals surface area (Å²) in [5, 5.41) is 16.0. The zero-order valence-corrected chi connectivity index (χ0v) is 22.1. The monoisotopic (exact) mass is 504 g/mol. The minimum atomic E-state index is -0.825. The van der Waals surface area contributed by atoms with Gasteiger partial charge in [-0.1, -0.05) is 51.0 Å². The molecule has 0 radical (unpaired) electrons. The maximum Gasteiger partial charge on any atom is 0.303 e. The lowest BCUT2D eigenvalue weighted by Crippen LogP contribution is -2.04. The van der Waals surface area contributed by atoms with Gasteiger partial charge in [0, 0.05) is 37.0 Å². The fourth-order valence-corrected chi connectivity index (χ4v) is 3.89. The molecular weight excluding hydrogens is 464 g/mol. The minimum Gasteiger partial charge on any atom is -0.489 e. The lowest BCUT2D eigenvalue weighted by Gasteiger charge is -2.14.